The van der Waals surface area contributed by atoms with Crippen LogP contribution in [0.15, 0.2) is 6.20 Å². The molecule has 66 valence electrons. The maximum atomic E-state index is 4.42. The molecule has 1 saturated heterocycles. The molecule has 12 heavy (non-hydrogen) atoms. The first-order valence-electron chi connectivity index (χ1n) is 4.49. The molecule has 1 atom stereocenters. The van der Waals surface area contributed by atoms with Gasteiger partial charge in [0.05, 0.1) is 5.01 Å². The Morgan fingerprint density at radius 3 is 3.17 bits per heavy atom. The van der Waals surface area contributed by atoms with Crippen LogP contribution in [0.2, 0.25) is 0 Å². The summed E-state index contributed by atoms with van der Waals surface area (Å²) in [4.78, 5) is 5.75. The van der Waals surface area contributed by atoms with Crippen LogP contribution in [0.4, 0.5) is 0 Å². The fourth-order valence-electron chi connectivity index (χ4n) is 1.62. The van der Waals surface area contributed by atoms with Gasteiger partial charge in [0.15, 0.2) is 0 Å². The Morgan fingerprint density at radius 1 is 1.67 bits per heavy atom. The molecule has 0 radical (unpaired) electrons. The first-order valence-corrected chi connectivity index (χ1v) is 5.31. The molecule has 0 bridgehead atoms. The summed E-state index contributed by atoms with van der Waals surface area (Å²) in [6.07, 6.45) is 4.58. The van der Waals surface area contributed by atoms with Crippen molar-refractivity contribution >= 4 is 11.3 Å². The van der Waals surface area contributed by atoms with Gasteiger partial charge in [-0.05, 0) is 26.3 Å². The van der Waals surface area contributed by atoms with E-state index < -0.39 is 0 Å². The topological polar surface area (TPSA) is 24.9 Å². The van der Waals surface area contributed by atoms with Crippen molar-refractivity contribution in [1.82, 2.24) is 10.3 Å². The molecule has 2 rings (SSSR count). The highest BCUT2D eigenvalue weighted by Crippen LogP contribution is 2.26. The smallest absolute Gasteiger partial charge is 0.0971 e. The average molecular weight is 182 g/mol. The molecule has 1 aromatic rings. The van der Waals surface area contributed by atoms with Gasteiger partial charge in [-0.3, -0.25) is 0 Å². The molecule has 1 unspecified atom stereocenters. The number of rotatable bonds is 1. The number of hydrogen-bond acceptors (Lipinski definition) is 3. The van der Waals surface area contributed by atoms with Gasteiger partial charge < -0.3 is 5.32 Å². The molecule has 0 aliphatic carbocycles. The van der Waals surface area contributed by atoms with Gasteiger partial charge in [-0.25, -0.2) is 4.98 Å². The number of hydrogen-bond donors (Lipinski definition) is 1. The summed E-state index contributed by atoms with van der Waals surface area (Å²) in [6.45, 7) is 4.42. The van der Waals surface area contributed by atoms with Gasteiger partial charge in [0.2, 0.25) is 0 Å². The van der Waals surface area contributed by atoms with Crippen molar-refractivity contribution in [3.05, 3.63) is 16.1 Å². The van der Waals surface area contributed by atoms with Crippen LogP contribution < -0.4 is 5.32 Å². The highest BCUT2D eigenvalue weighted by molar-refractivity contribution is 7.11. The third kappa shape index (κ3) is 1.67. The van der Waals surface area contributed by atoms with E-state index in [9.17, 15) is 0 Å². The van der Waals surface area contributed by atoms with Crippen LogP contribution in [0.25, 0.3) is 0 Å². The van der Waals surface area contributed by atoms with Crippen molar-refractivity contribution in [2.45, 2.75) is 25.7 Å². The average Bonchev–Trinajstić information content (AvgIpc) is 2.54. The van der Waals surface area contributed by atoms with Gasteiger partial charge in [-0.1, -0.05) is 0 Å². The van der Waals surface area contributed by atoms with E-state index in [1.165, 1.54) is 29.3 Å². The van der Waals surface area contributed by atoms with Crippen LogP contribution in [0, 0.1) is 6.92 Å². The third-order valence-electron chi connectivity index (χ3n) is 2.29. The van der Waals surface area contributed by atoms with Gasteiger partial charge in [0.25, 0.3) is 0 Å². The molecule has 3 heteroatoms. The van der Waals surface area contributed by atoms with Crippen LogP contribution in [0.1, 0.15) is 28.6 Å². The van der Waals surface area contributed by atoms with E-state index >= 15 is 0 Å². The number of nitrogens with zero attached hydrogens (tertiary/aromatic N) is 1. The minimum Gasteiger partial charge on any atom is -0.316 e. The molecule has 0 aromatic carbocycles. The second kappa shape index (κ2) is 3.54. The summed E-state index contributed by atoms with van der Waals surface area (Å²) in [5, 5.41) is 4.73. The number of thiazole rings is 1. The predicted molar refractivity (Wildman–Crippen MR) is 51.7 cm³/mol. The molecule has 1 aromatic heterocycles. The second-order valence-electron chi connectivity index (χ2n) is 3.35. The molecule has 2 heterocycles. The van der Waals surface area contributed by atoms with Gasteiger partial charge in [0, 0.05) is 23.5 Å². The SMILES string of the molecule is Cc1cnc(C2CCCNC2)s1. The largest absolute Gasteiger partial charge is 0.316 e. The summed E-state index contributed by atoms with van der Waals surface area (Å²) in [5.41, 5.74) is 0. The zero-order chi connectivity index (χ0) is 8.39. The monoisotopic (exact) mass is 182 g/mol. The van der Waals surface area contributed by atoms with Crippen molar-refractivity contribution in [2.75, 3.05) is 13.1 Å². The fourth-order valence-corrected chi connectivity index (χ4v) is 2.53. The van der Waals surface area contributed by atoms with E-state index in [0.29, 0.717) is 5.92 Å². The van der Waals surface area contributed by atoms with Gasteiger partial charge in [0.1, 0.15) is 0 Å². The number of aromatic nitrogens is 1. The van der Waals surface area contributed by atoms with Crippen molar-refractivity contribution in [3.63, 3.8) is 0 Å². The molecular weight excluding hydrogens is 168 g/mol. The lowest BCUT2D eigenvalue weighted by Gasteiger charge is -2.20. The van der Waals surface area contributed by atoms with Crippen molar-refractivity contribution in [1.29, 1.82) is 0 Å². The first kappa shape index (κ1) is 8.20. The summed E-state index contributed by atoms with van der Waals surface area (Å²) < 4.78 is 0. The summed E-state index contributed by atoms with van der Waals surface area (Å²) in [6, 6.07) is 0. The molecule has 0 saturated carbocycles. The Balaban J connectivity index is 2.08. The minimum atomic E-state index is 0.678. The molecular formula is C9H14N2S. The lowest BCUT2D eigenvalue weighted by atomic mass is 10.0. The summed E-state index contributed by atoms with van der Waals surface area (Å²) in [5.74, 6) is 0.678. The Hall–Kier alpha value is -0.410. The highest BCUT2D eigenvalue weighted by Gasteiger charge is 2.17. The highest BCUT2D eigenvalue weighted by atomic mass is 32.1. The summed E-state index contributed by atoms with van der Waals surface area (Å²) >= 11 is 1.84. The molecule has 1 fully saturated rings. The van der Waals surface area contributed by atoms with Crippen LogP contribution >= 0.6 is 11.3 Å². The summed E-state index contributed by atoms with van der Waals surface area (Å²) in [7, 11) is 0. The first-order chi connectivity index (χ1) is 5.86. The number of aryl methyl sites for hydroxylation is 1. The van der Waals surface area contributed by atoms with Crippen LogP contribution in [-0.2, 0) is 0 Å². The zero-order valence-corrected chi connectivity index (χ0v) is 8.16. The Bertz CT molecular complexity index is 251. The molecule has 1 N–H and O–H groups in total. The minimum absolute atomic E-state index is 0.678. The van der Waals surface area contributed by atoms with Crippen molar-refractivity contribution in [3.8, 4) is 0 Å². The Morgan fingerprint density at radius 2 is 2.58 bits per heavy atom. The normalized spacial score (nSPS) is 24.2. The molecule has 1 aliphatic rings. The lowest BCUT2D eigenvalue weighted by Crippen LogP contribution is -2.28. The van der Waals surface area contributed by atoms with E-state index in [1.807, 2.05) is 17.5 Å². The molecule has 1 aliphatic heterocycles. The van der Waals surface area contributed by atoms with E-state index in [0.717, 1.165) is 6.54 Å². The molecule has 0 spiro atoms. The number of nitrogens with one attached hydrogen (secondary N) is 1. The maximum Gasteiger partial charge on any atom is 0.0971 e. The van der Waals surface area contributed by atoms with E-state index in [4.69, 9.17) is 0 Å². The van der Waals surface area contributed by atoms with E-state index in [2.05, 4.69) is 17.2 Å². The van der Waals surface area contributed by atoms with Crippen LogP contribution in [0.3, 0.4) is 0 Å². The second-order valence-corrected chi connectivity index (χ2v) is 4.62. The standard InChI is InChI=1S/C9H14N2S/c1-7-5-11-9(12-7)8-3-2-4-10-6-8/h5,8,10H,2-4,6H2,1H3. The fraction of sp³-hybridized carbons (Fsp3) is 0.667. The van der Waals surface area contributed by atoms with Gasteiger partial charge in [-0.2, -0.15) is 0 Å². The molecule has 0 amide bonds. The van der Waals surface area contributed by atoms with E-state index in [-0.39, 0.29) is 0 Å². The van der Waals surface area contributed by atoms with Crippen molar-refractivity contribution in [2.24, 2.45) is 0 Å². The Kier molecular flexibility index (Phi) is 2.42. The third-order valence-corrected chi connectivity index (χ3v) is 3.36. The van der Waals surface area contributed by atoms with Crippen molar-refractivity contribution < 1.29 is 0 Å². The molecule has 2 nitrogen and oxygen atoms in total. The zero-order valence-electron chi connectivity index (χ0n) is 7.34. The number of piperidine rings is 1. The van der Waals surface area contributed by atoms with Crippen LogP contribution in [0.5, 0.6) is 0 Å². The van der Waals surface area contributed by atoms with Crippen LogP contribution in [-0.4, -0.2) is 18.1 Å². The van der Waals surface area contributed by atoms with E-state index in [1.54, 1.807) is 0 Å². The Labute approximate surface area is 77.0 Å². The van der Waals surface area contributed by atoms with Gasteiger partial charge >= 0.3 is 0 Å². The quantitative estimate of drug-likeness (QED) is 0.717. The van der Waals surface area contributed by atoms with Gasteiger partial charge in [-0.15, -0.1) is 11.3 Å². The lowest BCUT2D eigenvalue weighted by molar-refractivity contribution is 0.460. The maximum absolute atomic E-state index is 4.42. The predicted octanol–water partition coefficient (Wildman–Crippen LogP) is 1.92.